The molecule has 0 aliphatic rings. The third-order valence-electron chi connectivity index (χ3n) is 6.31. The maximum absolute atomic E-state index is 5.89. The van der Waals surface area contributed by atoms with Gasteiger partial charge in [-0.15, -0.1) is 0 Å². The van der Waals surface area contributed by atoms with Crippen LogP contribution in [0.1, 0.15) is 16.7 Å². The molecule has 8 heteroatoms. The second-order valence-electron chi connectivity index (χ2n) is 9.94. The lowest BCUT2D eigenvalue weighted by atomic mass is 10.2. The lowest BCUT2D eigenvalue weighted by molar-refractivity contribution is 0.144. The van der Waals surface area contributed by atoms with Gasteiger partial charge in [-0.3, -0.25) is 0 Å². The van der Waals surface area contributed by atoms with Crippen LogP contribution < -0.4 is 13.6 Å². The Bertz CT molecular complexity index is 1450. The fourth-order valence-corrected chi connectivity index (χ4v) is 5.95. The highest BCUT2D eigenvalue weighted by atomic mass is 31.2. The molecule has 6 nitrogen and oxygen atoms in total. The van der Waals surface area contributed by atoms with Crippen LogP contribution in [0.15, 0.2) is 182 Å². The number of para-hydroxylation sites is 3. The summed E-state index contributed by atoms with van der Waals surface area (Å²) in [5, 5.41) is 0. The third kappa shape index (κ3) is 13.0. The smallest absolute Gasteiger partial charge is 0.409 e. The van der Waals surface area contributed by atoms with Crippen LogP contribution in [0.2, 0.25) is 0 Å². The summed E-state index contributed by atoms with van der Waals surface area (Å²) in [5.74, 6) is 2.13. The van der Waals surface area contributed by atoms with Crippen LogP contribution in [0, 0.1) is 0 Å². The predicted molar refractivity (Wildman–Crippen MR) is 189 cm³/mol. The molecule has 0 amide bonds. The first kappa shape index (κ1) is 33.8. The summed E-state index contributed by atoms with van der Waals surface area (Å²) >= 11 is 0. The van der Waals surface area contributed by atoms with Crippen LogP contribution in [0.5, 0.6) is 17.2 Å². The number of hydrogen-bond donors (Lipinski definition) is 0. The van der Waals surface area contributed by atoms with Gasteiger partial charge < -0.3 is 27.1 Å². The molecule has 0 atom stereocenters. The summed E-state index contributed by atoms with van der Waals surface area (Å²) in [6.45, 7) is 1.41. The molecule has 0 saturated carbocycles. The molecule has 0 fully saturated rings. The minimum absolute atomic E-state index is 0.468. The molecular weight excluding hydrogens is 626 g/mol. The zero-order valence-corrected chi connectivity index (χ0v) is 27.6. The molecule has 0 radical (unpaired) electrons. The number of rotatable bonds is 15. The molecule has 0 saturated heterocycles. The van der Waals surface area contributed by atoms with Crippen molar-refractivity contribution in [3.05, 3.63) is 199 Å². The number of benzene rings is 6. The first-order chi connectivity index (χ1) is 23.3. The lowest BCUT2D eigenvalue weighted by Gasteiger charge is -2.17. The molecule has 0 aromatic heterocycles. The Kier molecular flexibility index (Phi) is 14.3. The van der Waals surface area contributed by atoms with E-state index in [1.165, 1.54) is 0 Å². The molecule has 47 heavy (non-hydrogen) atoms. The summed E-state index contributed by atoms with van der Waals surface area (Å²) in [4.78, 5) is 0. The molecule has 0 aliphatic carbocycles. The Morgan fingerprint density at radius 2 is 0.511 bits per heavy atom. The van der Waals surface area contributed by atoms with E-state index in [9.17, 15) is 0 Å². The van der Waals surface area contributed by atoms with Crippen molar-refractivity contribution in [2.75, 3.05) is 0 Å². The zero-order chi connectivity index (χ0) is 32.2. The van der Waals surface area contributed by atoms with E-state index in [-0.39, 0.29) is 0 Å². The summed E-state index contributed by atoms with van der Waals surface area (Å²) in [6, 6.07) is 58.6. The van der Waals surface area contributed by atoms with E-state index in [4.69, 9.17) is 27.1 Å². The van der Waals surface area contributed by atoms with Gasteiger partial charge in [0.1, 0.15) is 17.2 Å². The zero-order valence-electron chi connectivity index (χ0n) is 25.8. The topological polar surface area (TPSA) is 55.4 Å². The summed E-state index contributed by atoms with van der Waals surface area (Å²) in [7, 11) is -3.02. The van der Waals surface area contributed by atoms with Crippen molar-refractivity contribution in [3.8, 4) is 17.2 Å². The van der Waals surface area contributed by atoms with Gasteiger partial charge in [0, 0.05) is 0 Å². The minimum atomic E-state index is -1.59. The molecule has 0 bridgehead atoms. The Hall–Kier alpha value is -4.54. The molecule has 0 N–H and O–H groups in total. The van der Waals surface area contributed by atoms with Crippen LogP contribution >= 0.6 is 17.2 Å². The summed E-state index contributed by atoms with van der Waals surface area (Å²) < 4.78 is 35.2. The van der Waals surface area contributed by atoms with Gasteiger partial charge in [0.25, 0.3) is 0 Å². The molecule has 0 unspecified atom stereocenters. The van der Waals surface area contributed by atoms with Crippen LogP contribution in [-0.2, 0) is 33.4 Å². The van der Waals surface area contributed by atoms with Gasteiger partial charge in [-0.1, -0.05) is 146 Å². The van der Waals surface area contributed by atoms with Crippen molar-refractivity contribution in [3.63, 3.8) is 0 Å². The third-order valence-corrected chi connectivity index (χ3v) is 8.41. The lowest BCUT2D eigenvalue weighted by Crippen LogP contribution is -2.02. The van der Waals surface area contributed by atoms with E-state index in [1.54, 1.807) is 0 Å². The van der Waals surface area contributed by atoms with Crippen molar-refractivity contribution in [1.29, 1.82) is 0 Å². The van der Waals surface area contributed by atoms with Crippen molar-refractivity contribution < 1.29 is 27.1 Å². The van der Waals surface area contributed by atoms with E-state index in [2.05, 4.69) is 0 Å². The Morgan fingerprint density at radius 1 is 0.277 bits per heavy atom. The fourth-order valence-electron chi connectivity index (χ4n) is 3.97. The second-order valence-corrected chi connectivity index (χ2v) is 12.2. The van der Waals surface area contributed by atoms with E-state index in [0.29, 0.717) is 37.1 Å². The van der Waals surface area contributed by atoms with Gasteiger partial charge in [-0.2, -0.15) is 0 Å². The number of hydrogen-bond acceptors (Lipinski definition) is 6. The minimum Gasteiger partial charge on any atom is -0.409 e. The van der Waals surface area contributed by atoms with Gasteiger partial charge in [0.05, 0.1) is 19.8 Å². The van der Waals surface area contributed by atoms with E-state index >= 15 is 0 Å². The molecule has 0 spiro atoms. The highest BCUT2D eigenvalue weighted by molar-refractivity contribution is 7.43. The van der Waals surface area contributed by atoms with Crippen molar-refractivity contribution >= 4 is 17.2 Å². The standard InChI is InChI=1S/C21H21O3P.C18H15O3P/c1-4-10-19(11-5-1)16-22-25(23-17-20-12-6-2-7-13-20)24-18-21-14-8-3-9-15-21;1-4-10-16(11-5-1)19-22(20-17-12-6-2-7-13-17)21-18-14-8-3-9-15-18/h1-15H,16-18H2;1-15H. The first-order valence-electron chi connectivity index (χ1n) is 15.1. The van der Waals surface area contributed by atoms with Gasteiger partial charge in [-0.25, -0.2) is 0 Å². The van der Waals surface area contributed by atoms with Crippen molar-refractivity contribution in [2.45, 2.75) is 19.8 Å². The maximum atomic E-state index is 5.89. The normalized spacial score (nSPS) is 10.6. The average molecular weight is 663 g/mol. The van der Waals surface area contributed by atoms with Gasteiger partial charge in [-0.05, 0) is 53.1 Å². The molecule has 6 aromatic rings. The average Bonchev–Trinajstić information content (AvgIpc) is 3.14. The van der Waals surface area contributed by atoms with E-state index in [1.807, 2.05) is 182 Å². The molecule has 0 heterocycles. The Morgan fingerprint density at radius 3 is 0.766 bits per heavy atom. The fraction of sp³-hybridized carbons (Fsp3) is 0.0769. The van der Waals surface area contributed by atoms with E-state index < -0.39 is 17.2 Å². The quantitative estimate of drug-likeness (QED) is 0.102. The van der Waals surface area contributed by atoms with Crippen LogP contribution in [-0.4, -0.2) is 0 Å². The Balaban J connectivity index is 0.000000186. The predicted octanol–water partition coefficient (Wildman–Crippen LogP) is 11.3. The van der Waals surface area contributed by atoms with Crippen molar-refractivity contribution in [1.82, 2.24) is 0 Å². The monoisotopic (exact) mass is 662 g/mol. The second kappa shape index (κ2) is 19.9. The molecule has 238 valence electrons. The Labute approximate surface area is 279 Å². The van der Waals surface area contributed by atoms with Crippen LogP contribution in [0.3, 0.4) is 0 Å². The van der Waals surface area contributed by atoms with Crippen molar-refractivity contribution in [2.24, 2.45) is 0 Å². The van der Waals surface area contributed by atoms with Gasteiger partial charge in [0.2, 0.25) is 0 Å². The maximum Gasteiger partial charge on any atom is 0.530 e. The molecule has 6 rings (SSSR count). The molecule has 6 aromatic carbocycles. The highest BCUT2D eigenvalue weighted by Crippen LogP contribution is 2.43. The first-order valence-corrected chi connectivity index (χ1v) is 17.3. The molecule has 0 aliphatic heterocycles. The summed E-state index contributed by atoms with van der Waals surface area (Å²) in [6.07, 6.45) is 0. The van der Waals surface area contributed by atoms with E-state index in [0.717, 1.165) is 16.7 Å². The van der Waals surface area contributed by atoms with Gasteiger partial charge in [0.15, 0.2) is 0 Å². The van der Waals surface area contributed by atoms with Gasteiger partial charge >= 0.3 is 17.2 Å². The highest BCUT2D eigenvalue weighted by Gasteiger charge is 2.19. The molecular formula is C39H36O6P2. The SMILES string of the molecule is c1ccc(COP(OCc2ccccc2)OCc2ccccc2)cc1.c1ccc(OP(Oc2ccccc2)Oc2ccccc2)cc1. The largest absolute Gasteiger partial charge is 0.530 e. The van der Waals surface area contributed by atoms with Crippen LogP contribution in [0.25, 0.3) is 0 Å². The van der Waals surface area contributed by atoms with Crippen LogP contribution in [0.4, 0.5) is 0 Å². The summed E-state index contributed by atoms with van der Waals surface area (Å²) in [5.41, 5.74) is 3.30.